The van der Waals surface area contributed by atoms with Crippen LogP contribution in [0.2, 0.25) is 0 Å². The quantitative estimate of drug-likeness (QED) is 0.193. The SMILES string of the molecule is c1ccc(C2=NC(c3cccc4oc5c(-c6ccc7sc8cc9ccccc9cc8c7c6)cccc5c34)NC(c3ccc(-c4ccccc4)cc3)=N2)cc1. The summed E-state index contributed by atoms with van der Waals surface area (Å²) in [4.78, 5) is 10.3. The van der Waals surface area contributed by atoms with Gasteiger partial charge in [-0.05, 0) is 57.8 Å². The molecule has 0 saturated heterocycles. The molecular weight excluding hydrogens is 679 g/mol. The molecule has 10 aromatic rings. The summed E-state index contributed by atoms with van der Waals surface area (Å²) in [5.74, 6) is 1.47. The highest BCUT2D eigenvalue weighted by atomic mass is 32.1. The fraction of sp³-hybridized carbons (Fsp3) is 0.0204. The van der Waals surface area contributed by atoms with Gasteiger partial charge in [-0.1, -0.05) is 146 Å². The molecule has 11 rings (SSSR count). The zero-order chi connectivity index (χ0) is 35.6. The van der Waals surface area contributed by atoms with Crippen molar-refractivity contribution in [2.45, 2.75) is 6.17 Å². The van der Waals surface area contributed by atoms with E-state index in [1.54, 1.807) is 0 Å². The number of thiophene rings is 1. The maximum absolute atomic E-state index is 6.78. The Morgan fingerprint density at radius 2 is 1.17 bits per heavy atom. The van der Waals surface area contributed by atoms with Crippen LogP contribution in [0.25, 0.3) is 75.1 Å². The van der Waals surface area contributed by atoms with E-state index in [1.807, 2.05) is 35.6 Å². The number of amidine groups is 2. The average Bonchev–Trinajstić information content (AvgIpc) is 3.81. The third-order valence-electron chi connectivity index (χ3n) is 10.5. The first-order valence-electron chi connectivity index (χ1n) is 18.2. The van der Waals surface area contributed by atoms with Gasteiger partial charge < -0.3 is 9.73 Å². The normalized spacial score (nSPS) is 14.5. The molecule has 254 valence electrons. The number of para-hydroxylation sites is 1. The Hall–Kier alpha value is -6.82. The number of hydrogen-bond acceptors (Lipinski definition) is 5. The van der Waals surface area contributed by atoms with Crippen LogP contribution in [0.5, 0.6) is 0 Å². The molecule has 0 fully saturated rings. The minimum Gasteiger partial charge on any atom is -0.455 e. The molecule has 0 amide bonds. The second-order valence-electron chi connectivity index (χ2n) is 13.8. The summed E-state index contributed by atoms with van der Waals surface area (Å²) in [7, 11) is 0. The average molecular weight is 710 g/mol. The van der Waals surface area contributed by atoms with Crippen LogP contribution in [0.1, 0.15) is 22.9 Å². The predicted octanol–water partition coefficient (Wildman–Crippen LogP) is 12.9. The number of nitrogens with one attached hydrogen (secondary N) is 1. The van der Waals surface area contributed by atoms with Gasteiger partial charge in [-0.25, -0.2) is 9.98 Å². The molecule has 1 atom stereocenters. The Kier molecular flexibility index (Phi) is 7.07. The smallest absolute Gasteiger partial charge is 0.159 e. The lowest BCUT2D eigenvalue weighted by atomic mass is 9.98. The lowest BCUT2D eigenvalue weighted by Gasteiger charge is -2.24. The summed E-state index contributed by atoms with van der Waals surface area (Å²) in [6, 6.07) is 62.0. The van der Waals surface area contributed by atoms with Crippen molar-refractivity contribution in [3.8, 4) is 22.3 Å². The first kappa shape index (κ1) is 30.8. The van der Waals surface area contributed by atoms with E-state index in [-0.39, 0.29) is 0 Å². The fourth-order valence-corrected chi connectivity index (χ4v) is 9.00. The summed E-state index contributed by atoms with van der Waals surface area (Å²) in [5, 5.41) is 10.9. The molecule has 0 spiro atoms. The molecule has 54 heavy (non-hydrogen) atoms. The second kappa shape index (κ2) is 12.4. The van der Waals surface area contributed by atoms with Crippen molar-refractivity contribution < 1.29 is 4.42 Å². The summed E-state index contributed by atoms with van der Waals surface area (Å²) < 4.78 is 9.37. The van der Waals surface area contributed by atoms with E-state index in [0.29, 0.717) is 5.84 Å². The number of aliphatic imine (C=N–C) groups is 2. The number of fused-ring (bicyclic) bond motifs is 7. The first-order valence-corrected chi connectivity index (χ1v) is 19.0. The number of benzene rings is 8. The molecule has 0 aliphatic carbocycles. The number of nitrogens with zero attached hydrogens (tertiary/aromatic N) is 2. The molecule has 1 aliphatic rings. The van der Waals surface area contributed by atoms with Crippen molar-refractivity contribution in [3.05, 3.63) is 193 Å². The van der Waals surface area contributed by atoms with Crippen molar-refractivity contribution in [2.24, 2.45) is 9.98 Å². The van der Waals surface area contributed by atoms with Crippen molar-refractivity contribution in [3.63, 3.8) is 0 Å². The van der Waals surface area contributed by atoms with E-state index in [9.17, 15) is 0 Å². The Morgan fingerprint density at radius 3 is 1.98 bits per heavy atom. The van der Waals surface area contributed by atoms with Crippen LogP contribution in [0.4, 0.5) is 0 Å². The number of furan rings is 1. The van der Waals surface area contributed by atoms with Gasteiger partial charge in [0.05, 0.1) is 0 Å². The zero-order valence-corrected chi connectivity index (χ0v) is 29.8. The van der Waals surface area contributed by atoms with Crippen molar-refractivity contribution >= 4 is 75.9 Å². The van der Waals surface area contributed by atoms with Gasteiger partial charge in [0.15, 0.2) is 5.84 Å². The van der Waals surface area contributed by atoms with Crippen molar-refractivity contribution in [1.29, 1.82) is 0 Å². The first-order chi connectivity index (χ1) is 26.7. The molecule has 8 aromatic carbocycles. The second-order valence-corrected chi connectivity index (χ2v) is 14.9. The molecule has 0 bridgehead atoms. The van der Waals surface area contributed by atoms with Crippen LogP contribution < -0.4 is 5.32 Å². The van der Waals surface area contributed by atoms with Crippen molar-refractivity contribution in [1.82, 2.24) is 5.32 Å². The summed E-state index contributed by atoms with van der Waals surface area (Å²) >= 11 is 1.85. The number of hydrogen-bond donors (Lipinski definition) is 1. The van der Waals surface area contributed by atoms with Crippen LogP contribution >= 0.6 is 11.3 Å². The van der Waals surface area contributed by atoms with Gasteiger partial charge in [0.1, 0.15) is 23.2 Å². The molecule has 4 nitrogen and oxygen atoms in total. The van der Waals surface area contributed by atoms with Crippen LogP contribution in [-0.2, 0) is 0 Å². The Balaban J connectivity index is 1.03. The molecule has 1 N–H and O–H groups in total. The highest BCUT2D eigenvalue weighted by molar-refractivity contribution is 7.25. The van der Waals surface area contributed by atoms with Gasteiger partial charge in [0.2, 0.25) is 0 Å². The standard InChI is InChI=1S/C49H31N3OS/c1-3-11-30(12-4-1)31-21-23-33(24-22-31)48-50-47(32-13-5-2-6-14-32)51-49(52-48)39-19-10-20-42-45(39)38-18-9-17-37(46(38)53-42)36-25-26-43-40(28-36)41-27-34-15-7-8-16-35(34)29-44(41)54-43/h1-29,49H,(H,50,51,52). The minimum atomic E-state index is -0.391. The van der Waals surface area contributed by atoms with Crippen molar-refractivity contribution in [2.75, 3.05) is 0 Å². The molecule has 1 aliphatic heterocycles. The van der Waals surface area contributed by atoms with E-state index >= 15 is 0 Å². The summed E-state index contributed by atoms with van der Waals surface area (Å²) in [6.07, 6.45) is -0.391. The van der Waals surface area contributed by atoms with Crippen LogP contribution in [0.15, 0.2) is 190 Å². The highest BCUT2D eigenvalue weighted by Gasteiger charge is 2.25. The zero-order valence-electron chi connectivity index (χ0n) is 29.0. The molecule has 2 aromatic heterocycles. The molecule has 0 saturated carbocycles. The fourth-order valence-electron chi connectivity index (χ4n) is 7.88. The largest absolute Gasteiger partial charge is 0.455 e. The van der Waals surface area contributed by atoms with E-state index in [2.05, 4.69) is 157 Å². The monoisotopic (exact) mass is 709 g/mol. The highest BCUT2D eigenvalue weighted by Crippen LogP contribution is 2.43. The minimum absolute atomic E-state index is 0.391. The summed E-state index contributed by atoms with van der Waals surface area (Å²) in [5.41, 5.74) is 9.26. The Bertz CT molecular complexity index is 3120. The van der Waals surface area contributed by atoms with Crippen LogP contribution in [0.3, 0.4) is 0 Å². The van der Waals surface area contributed by atoms with Gasteiger partial charge >= 0.3 is 0 Å². The Morgan fingerprint density at radius 1 is 0.500 bits per heavy atom. The van der Waals surface area contributed by atoms with E-state index in [0.717, 1.165) is 61.2 Å². The molecule has 5 heteroatoms. The summed E-state index contributed by atoms with van der Waals surface area (Å²) in [6.45, 7) is 0. The van der Waals surface area contributed by atoms with Crippen LogP contribution in [0, 0.1) is 0 Å². The van der Waals surface area contributed by atoms with Gasteiger partial charge in [-0.15, -0.1) is 11.3 Å². The maximum Gasteiger partial charge on any atom is 0.159 e. The lowest BCUT2D eigenvalue weighted by molar-refractivity contribution is 0.663. The number of rotatable bonds is 5. The molecule has 1 unspecified atom stereocenters. The van der Waals surface area contributed by atoms with E-state index < -0.39 is 6.17 Å². The molecule has 0 radical (unpaired) electrons. The predicted molar refractivity (Wildman–Crippen MR) is 227 cm³/mol. The third-order valence-corrected chi connectivity index (χ3v) is 11.7. The topological polar surface area (TPSA) is 49.9 Å². The van der Waals surface area contributed by atoms with E-state index in [1.165, 1.54) is 36.5 Å². The van der Waals surface area contributed by atoms with Gasteiger partial charge in [0.25, 0.3) is 0 Å². The van der Waals surface area contributed by atoms with Crippen LogP contribution in [-0.4, -0.2) is 11.7 Å². The molecular formula is C49H31N3OS. The van der Waals surface area contributed by atoms with E-state index in [4.69, 9.17) is 14.4 Å². The van der Waals surface area contributed by atoms with Gasteiger partial charge in [-0.2, -0.15) is 0 Å². The molecule has 3 heterocycles. The van der Waals surface area contributed by atoms with Gasteiger partial charge in [0, 0.05) is 53.2 Å². The third kappa shape index (κ3) is 5.12. The maximum atomic E-state index is 6.78. The Labute approximate surface area is 315 Å². The lowest BCUT2D eigenvalue weighted by Crippen LogP contribution is -2.33. The van der Waals surface area contributed by atoms with Gasteiger partial charge in [-0.3, -0.25) is 0 Å².